The lowest BCUT2D eigenvalue weighted by Gasteiger charge is -2.47. The summed E-state index contributed by atoms with van der Waals surface area (Å²) < 4.78 is 200. The fourth-order valence-electron chi connectivity index (χ4n) is 21.5. The van der Waals surface area contributed by atoms with Gasteiger partial charge in [0.1, 0.15) is 16.8 Å². The third-order valence-electron chi connectivity index (χ3n) is 30.0. The first-order valence-corrected chi connectivity index (χ1v) is 49.6. The molecule has 9 N–H and O–H groups in total. The quantitative estimate of drug-likeness (QED) is 0.0316. The number of nitrogen functional groups attached to an aromatic ring is 3. The van der Waals surface area contributed by atoms with Gasteiger partial charge in [-0.2, -0.15) is 52.7 Å². The molecule has 32 nitrogen and oxygen atoms in total. The Bertz CT molecular complexity index is 5710. The van der Waals surface area contributed by atoms with Crippen LogP contribution in [0.5, 0.6) is 0 Å². The Kier molecular flexibility index (Phi) is 32.6. The van der Waals surface area contributed by atoms with Crippen molar-refractivity contribution in [2.45, 2.75) is 200 Å². The van der Waals surface area contributed by atoms with Gasteiger partial charge in [-0.25, -0.2) is 28.8 Å². The fourth-order valence-corrected chi connectivity index (χ4v) is 22.3. The van der Waals surface area contributed by atoms with E-state index in [1.165, 1.54) is 31.7 Å². The summed E-state index contributed by atoms with van der Waals surface area (Å²) >= 11 is 9.24. The maximum atomic E-state index is 14.1. The van der Waals surface area contributed by atoms with Gasteiger partial charge in [-0.3, -0.25) is 45.0 Å². The lowest BCUT2D eigenvalue weighted by Crippen LogP contribution is -2.59. The zero-order valence-electron chi connectivity index (χ0n) is 80.9. The van der Waals surface area contributed by atoms with Gasteiger partial charge in [-0.15, -0.1) is 0 Å². The first-order valence-electron chi connectivity index (χ1n) is 48.4. The third-order valence-corrected chi connectivity index (χ3v) is 31.0. The molecular weight excluding hydrogens is 2010 g/mol. The topological polar surface area (TPSA) is 359 Å². The minimum atomic E-state index is -5.22. The van der Waals surface area contributed by atoms with Crippen LogP contribution in [0.25, 0.3) is 0 Å². The fraction of sp³-hybridized carbons (Fsp3) is 0.545. The number of piperidine rings is 6. The molecule has 46 heteroatoms. The molecule has 0 bridgehead atoms. The number of hydrogen-bond acceptors (Lipinski definition) is 23. The van der Waals surface area contributed by atoms with E-state index in [2.05, 4.69) is 79.4 Å². The average Bonchev–Trinajstić information content (AvgIpc) is 0.765. The van der Waals surface area contributed by atoms with E-state index < -0.39 is 165 Å². The number of hydrogen-bond donors (Lipinski definition) is 6. The van der Waals surface area contributed by atoms with Crippen LogP contribution >= 0.6 is 27.5 Å². The molecule has 8 fully saturated rings. The van der Waals surface area contributed by atoms with E-state index in [0.717, 1.165) is 93.8 Å². The van der Waals surface area contributed by atoms with Crippen LogP contribution < -0.4 is 33.2 Å². The highest BCUT2D eigenvalue weighted by Crippen LogP contribution is 2.50. The van der Waals surface area contributed by atoms with E-state index in [0.29, 0.717) is 118 Å². The molecule has 6 aromatic rings. The second-order valence-corrected chi connectivity index (χ2v) is 40.6. The minimum Gasteiger partial charge on any atom is -0.438 e. The number of carbonyl (C=O) groups excluding carboxylic acids is 9. The summed E-state index contributed by atoms with van der Waals surface area (Å²) in [6.07, 6.45) is -24.4. The lowest BCUT2D eigenvalue weighted by atomic mass is 9.82. The normalized spacial score (nSPS) is 21.5. The van der Waals surface area contributed by atoms with Gasteiger partial charge in [0.15, 0.2) is 18.3 Å². The number of benzene rings is 6. The Balaban J connectivity index is 0.000000164. The molecule has 11 aliphatic heterocycles. The number of para-hydroxylation sites is 3. The maximum Gasteiger partial charge on any atom is 0.418 e. The van der Waals surface area contributed by atoms with E-state index in [-0.39, 0.29) is 105 Å². The van der Waals surface area contributed by atoms with Gasteiger partial charge in [0.05, 0.1) is 61.4 Å². The molecule has 5 atom stereocenters. The van der Waals surface area contributed by atoms with Crippen LogP contribution in [0.3, 0.4) is 0 Å². The van der Waals surface area contributed by atoms with Crippen molar-refractivity contribution in [3.8, 4) is 0 Å². The molecule has 788 valence electrons. The highest BCUT2D eigenvalue weighted by atomic mass is 79.9. The van der Waals surface area contributed by atoms with Crippen molar-refractivity contribution in [1.82, 2.24) is 53.9 Å². The van der Waals surface area contributed by atoms with Crippen molar-refractivity contribution >= 4 is 116 Å². The summed E-state index contributed by atoms with van der Waals surface area (Å²) in [6.45, 7) is 13.2. The van der Waals surface area contributed by atoms with Crippen LogP contribution in [0.2, 0.25) is 5.02 Å². The molecule has 11 heterocycles. The van der Waals surface area contributed by atoms with Gasteiger partial charge in [0.2, 0.25) is 0 Å². The predicted octanol–water partition coefficient (Wildman–Crippen LogP) is 15.9. The van der Waals surface area contributed by atoms with E-state index >= 15 is 0 Å². The number of nitrogens with zero attached hydrogens (tertiary/aromatic N) is 11. The van der Waals surface area contributed by atoms with E-state index in [1.807, 2.05) is 55.4 Å². The van der Waals surface area contributed by atoms with E-state index in [4.69, 9.17) is 57.2 Å². The summed E-state index contributed by atoms with van der Waals surface area (Å²) in [5.41, 5.74) is 9.63. The predicted molar refractivity (Wildman–Crippen MR) is 514 cm³/mol. The average molecular weight is 2130 g/mol. The second-order valence-electron chi connectivity index (χ2n) is 39.3. The molecule has 0 aliphatic carbocycles. The van der Waals surface area contributed by atoms with Crippen molar-refractivity contribution in [2.24, 2.45) is 0 Å². The Labute approximate surface area is 843 Å². The van der Waals surface area contributed by atoms with Crippen molar-refractivity contribution < 1.29 is 124 Å². The summed E-state index contributed by atoms with van der Waals surface area (Å²) in [7, 11) is 8.00. The molecule has 0 aromatic heterocycles. The first kappa shape index (κ1) is 108. The number of alkyl halides is 12. The SMILES string of the molecule is CN(C)C1CCN(C(=O)[C@@H](Cc2cc(C(F)(F)F)c(N)c(C(F)(F)F)c2)OC(=O)N2CCC3(CC2)OC(=O)Nc2ccccc23)CC1.CN1CCN(C2CCN(C(=O)[C@@H](Cc3cc(Br)c(N)c(C(F)(F)F)c3)OC(=O)N3CCC4(CC3)OC(=O)Nc3ccccc34)CC2)CC1.C[C@@H]1CN(C2CCN(C(=O)[C@@H](Cc3cc(Cl)c(N)c(C(F)(F)F)c3)OC(=O)N3CCC4(CC3)OC(=O)Nc3ccccc34)CC2)C[C@H](C)N1C. The number of amides is 9. The molecular formula is C99H119BrClF12N17O15. The van der Waals surface area contributed by atoms with Crippen molar-refractivity contribution in [1.29, 1.82) is 0 Å². The highest BCUT2D eigenvalue weighted by molar-refractivity contribution is 9.10. The monoisotopic (exact) mass is 2130 g/mol. The number of nitrogens with one attached hydrogen (secondary N) is 3. The van der Waals surface area contributed by atoms with Crippen LogP contribution in [-0.2, 0) is 104 Å². The van der Waals surface area contributed by atoms with Crippen molar-refractivity contribution in [3.05, 3.63) is 174 Å². The number of likely N-dealkylation sites (N-methyl/N-ethyl adjacent to an activating group) is 2. The van der Waals surface area contributed by atoms with Crippen LogP contribution in [0.1, 0.15) is 147 Å². The lowest BCUT2D eigenvalue weighted by molar-refractivity contribution is -0.143. The van der Waals surface area contributed by atoms with Crippen LogP contribution in [0.4, 0.5) is 116 Å². The zero-order valence-corrected chi connectivity index (χ0v) is 83.3. The number of carbonyl (C=O) groups is 9. The van der Waals surface area contributed by atoms with Gasteiger partial charge in [0.25, 0.3) is 17.7 Å². The van der Waals surface area contributed by atoms with Gasteiger partial charge in [-0.1, -0.05) is 66.2 Å². The molecule has 3 spiro atoms. The number of halogens is 14. The smallest absolute Gasteiger partial charge is 0.418 e. The number of rotatable bonds is 15. The molecule has 0 saturated carbocycles. The summed E-state index contributed by atoms with van der Waals surface area (Å²) in [5.74, 6) is -1.66. The summed E-state index contributed by atoms with van der Waals surface area (Å²) in [5, 5.41) is 7.75. The molecule has 6 aromatic carbocycles. The molecule has 0 unspecified atom stereocenters. The van der Waals surface area contributed by atoms with Crippen molar-refractivity contribution in [2.75, 3.05) is 179 Å². The highest BCUT2D eigenvalue weighted by Gasteiger charge is 2.52. The van der Waals surface area contributed by atoms with Gasteiger partial charge >= 0.3 is 61.3 Å². The zero-order chi connectivity index (χ0) is 104. The Morgan fingerprint density at radius 3 is 1.05 bits per heavy atom. The van der Waals surface area contributed by atoms with Crippen LogP contribution in [0.15, 0.2) is 114 Å². The Morgan fingerprint density at radius 2 is 0.717 bits per heavy atom. The third kappa shape index (κ3) is 24.7. The largest absolute Gasteiger partial charge is 0.438 e. The van der Waals surface area contributed by atoms with Gasteiger partial charge < -0.3 is 84.8 Å². The molecule has 17 rings (SSSR count). The number of anilines is 6. The van der Waals surface area contributed by atoms with E-state index in [1.54, 1.807) is 46.2 Å². The summed E-state index contributed by atoms with van der Waals surface area (Å²) in [6, 6.07) is 28.7. The Morgan fingerprint density at radius 1 is 0.421 bits per heavy atom. The molecule has 0 radical (unpaired) electrons. The summed E-state index contributed by atoms with van der Waals surface area (Å²) in [4.78, 5) is 140. The molecule has 9 amide bonds. The maximum absolute atomic E-state index is 14.1. The van der Waals surface area contributed by atoms with Crippen LogP contribution in [-0.4, -0.2) is 303 Å². The number of ether oxygens (including phenoxy) is 6. The number of nitrogens with two attached hydrogens (primary N) is 3. The first-order chi connectivity index (χ1) is 68.5. The number of likely N-dealkylation sites (tertiary alicyclic amines) is 6. The molecule has 145 heavy (non-hydrogen) atoms. The van der Waals surface area contributed by atoms with Gasteiger partial charge in [-0.05, 0) is 168 Å². The molecule has 11 aliphatic rings. The van der Waals surface area contributed by atoms with Gasteiger partial charge in [0, 0.05) is 227 Å². The number of piperazine rings is 2. The second kappa shape index (κ2) is 43.9. The molecule has 8 saturated heterocycles. The van der Waals surface area contributed by atoms with Crippen molar-refractivity contribution in [3.63, 3.8) is 0 Å². The van der Waals surface area contributed by atoms with Crippen LogP contribution in [0, 0.1) is 0 Å². The Hall–Kier alpha value is -11.5. The number of fused-ring (bicyclic) bond motifs is 6. The van der Waals surface area contributed by atoms with E-state index in [9.17, 15) is 95.8 Å². The standard InChI is InChI=1S/C35H44ClF3N6O5.C33H40BrF3N6O5.C31H35F6N5O5/c1-21-19-45(20-22(2)42(21)3)24-8-12-43(13-9-24)31(46)29(18-23-16-26(35(37,38)39)30(40)27(36)17-23)49-33(48)44-14-10-34(11-15-44)25-6-4-5-7-28(25)41-32(47)50-34;1-40-14-16-41(17-15-40)22-6-10-42(11-7-22)29(44)27(20-21-18-24(33(35,36)37)28(38)25(34)19-21)47-31(46)43-12-8-32(9-13-43)23-4-2-3-5-26(23)39-30(45)48-32;1-40(2)19-7-11-41(12-8-19)26(43)24(17-18-15-21(30(32,33)34)25(38)22(16-18)31(35,36)37)46-28(45)42-13-9-29(10-14-42)20-5-3-4-6-23(20)39-27(44)47-29/h4-7,16-17,21-22,24,29H,8-15,18-20,40H2,1-3H3,(H,41,47);2-5,18-19,22,27H,6-17,20,38H2,1H3,(H,39,45);3-6,15-16,19,24H,7-14,17,38H2,1-2H3,(H,39,44)/t21-,22+,29-;27-;24-/m111/s1. The minimum absolute atomic E-state index is 0.0356.